The first-order chi connectivity index (χ1) is 13.0. The third-order valence-electron chi connectivity index (χ3n) is 4.08. The summed E-state index contributed by atoms with van der Waals surface area (Å²) in [7, 11) is 1.90. The van der Waals surface area contributed by atoms with E-state index in [9.17, 15) is 9.59 Å². The predicted octanol–water partition coefficient (Wildman–Crippen LogP) is 3.16. The van der Waals surface area contributed by atoms with Gasteiger partial charge in [-0.15, -0.1) is 0 Å². The van der Waals surface area contributed by atoms with Gasteiger partial charge >= 0.3 is 5.97 Å². The highest BCUT2D eigenvalue weighted by molar-refractivity contribution is 8.18. The number of thioether (sulfide) groups is 1. The third kappa shape index (κ3) is 3.34. The van der Waals surface area contributed by atoms with E-state index in [1.165, 1.54) is 23.9 Å². The van der Waals surface area contributed by atoms with Gasteiger partial charge in [-0.2, -0.15) is 0 Å². The molecule has 0 spiro atoms. The molecule has 7 nitrogen and oxygen atoms in total. The van der Waals surface area contributed by atoms with Gasteiger partial charge in [0.1, 0.15) is 5.82 Å². The lowest BCUT2D eigenvalue weighted by Crippen LogP contribution is -2.19. The molecule has 1 saturated heterocycles. The van der Waals surface area contributed by atoms with Crippen molar-refractivity contribution in [2.24, 2.45) is 12.0 Å². The van der Waals surface area contributed by atoms with Crippen LogP contribution in [0.1, 0.15) is 16.2 Å². The summed E-state index contributed by atoms with van der Waals surface area (Å²) in [5.41, 5.74) is 2.60. The molecule has 134 valence electrons. The Kier molecular flexibility index (Phi) is 4.25. The lowest BCUT2D eigenvalue weighted by Gasteiger charge is -1.98. The highest BCUT2D eigenvalue weighted by atomic mass is 32.2. The number of hydrogen-bond donors (Lipinski definition) is 2. The number of nitrogens with zero attached hydrogens (tertiary/aromatic N) is 3. The minimum absolute atomic E-state index is 0.185. The van der Waals surface area contributed by atoms with Crippen LogP contribution in [0.2, 0.25) is 0 Å². The number of amidine groups is 1. The van der Waals surface area contributed by atoms with Gasteiger partial charge in [-0.3, -0.25) is 4.79 Å². The molecule has 0 unspecified atom stereocenters. The van der Waals surface area contributed by atoms with E-state index in [0.29, 0.717) is 21.6 Å². The molecule has 1 amide bonds. The standard InChI is InChI=1S/C19H14N4O3S/c1-23-14-5-3-2-4-13(14)21-16(23)10-15-17(24)22-19(27-15)20-12-8-6-11(7-9-12)18(25)26/h2-10H,1H3,(H,25,26)(H,20,22,24). The number of rotatable bonds is 3. The fourth-order valence-corrected chi connectivity index (χ4v) is 3.50. The van der Waals surface area contributed by atoms with Gasteiger partial charge in [0.05, 0.1) is 27.2 Å². The number of para-hydroxylation sites is 2. The quantitative estimate of drug-likeness (QED) is 0.683. The summed E-state index contributed by atoms with van der Waals surface area (Å²) in [6.07, 6.45) is 1.73. The molecule has 0 atom stereocenters. The number of aromatic carboxylic acids is 1. The molecule has 0 aliphatic carbocycles. The van der Waals surface area contributed by atoms with Gasteiger partial charge in [0.2, 0.25) is 0 Å². The van der Waals surface area contributed by atoms with E-state index >= 15 is 0 Å². The Balaban J connectivity index is 1.60. The van der Waals surface area contributed by atoms with E-state index in [1.807, 2.05) is 35.9 Å². The van der Waals surface area contributed by atoms with Gasteiger partial charge in [-0.1, -0.05) is 12.1 Å². The minimum Gasteiger partial charge on any atom is -0.478 e. The van der Waals surface area contributed by atoms with Crippen LogP contribution < -0.4 is 5.32 Å². The summed E-state index contributed by atoms with van der Waals surface area (Å²) in [6.45, 7) is 0. The Morgan fingerprint density at radius 1 is 1.22 bits per heavy atom. The van der Waals surface area contributed by atoms with Gasteiger partial charge in [-0.05, 0) is 48.2 Å². The predicted molar refractivity (Wildman–Crippen MR) is 105 cm³/mol. The molecular weight excluding hydrogens is 364 g/mol. The number of imidazole rings is 1. The Morgan fingerprint density at radius 3 is 2.67 bits per heavy atom. The molecular formula is C19H14N4O3S. The Labute approximate surface area is 158 Å². The second-order valence-electron chi connectivity index (χ2n) is 5.85. The molecule has 1 aromatic heterocycles. The molecule has 4 rings (SSSR count). The van der Waals surface area contributed by atoms with Crippen molar-refractivity contribution in [3.63, 3.8) is 0 Å². The Bertz CT molecular complexity index is 1130. The van der Waals surface area contributed by atoms with Crippen molar-refractivity contribution in [2.45, 2.75) is 0 Å². The number of hydrogen-bond acceptors (Lipinski definition) is 5. The van der Waals surface area contributed by atoms with Crippen molar-refractivity contribution in [1.82, 2.24) is 14.9 Å². The third-order valence-corrected chi connectivity index (χ3v) is 4.99. The number of carboxylic acids is 1. The number of carbonyl (C=O) groups is 2. The first-order valence-corrected chi connectivity index (χ1v) is 8.87. The maximum absolute atomic E-state index is 12.3. The van der Waals surface area contributed by atoms with E-state index in [-0.39, 0.29) is 11.5 Å². The molecule has 27 heavy (non-hydrogen) atoms. The minimum atomic E-state index is -0.995. The molecule has 0 bridgehead atoms. The van der Waals surface area contributed by atoms with Crippen LogP contribution in [0.5, 0.6) is 0 Å². The average Bonchev–Trinajstić information content (AvgIpc) is 3.16. The van der Waals surface area contributed by atoms with Crippen LogP contribution in [0.4, 0.5) is 5.69 Å². The number of aromatic nitrogens is 2. The second-order valence-corrected chi connectivity index (χ2v) is 6.88. The van der Waals surface area contributed by atoms with E-state index in [0.717, 1.165) is 11.0 Å². The maximum Gasteiger partial charge on any atom is 0.335 e. The topological polar surface area (TPSA) is 96.6 Å². The largest absolute Gasteiger partial charge is 0.478 e. The number of carboxylic acid groups (broad SMARTS) is 1. The average molecular weight is 378 g/mol. The molecule has 2 N–H and O–H groups in total. The number of benzene rings is 2. The fourth-order valence-electron chi connectivity index (χ4n) is 2.69. The van der Waals surface area contributed by atoms with Crippen molar-refractivity contribution in [2.75, 3.05) is 0 Å². The number of carbonyl (C=O) groups excluding carboxylic acids is 1. The highest BCUT2D eigenvalue weighted by Gasteiger charge is 2.24. The maximum atomic E-state index is 12.3. The van der Waals surface area contributed by atoms with Gasteiger partial charge in [0.25, 0.3) is 5.91 Å². The lowest BCUT2D eigenvalue weighted by molar-refractivity contribution is -0.115. The smallest absolute Gasteiger partial charge is 0.335 e. The molecule has 2 heterocycles. The van der Waals surface area contributed by atoms with Crippen molar-refractivity contribution < 1.29 is 14.7 Å². The van der Waals surface area contributed by atoms with E-state index < -0.39 is 5.97 Å². The lowest BCUT2D eigenvalue weighted by atomic mass is 10.2. The van der Waals surface area contributed by atoms with Crippen LogP contribution in [0.15, 0.2) is 58.4 Å². The first kappa shape index (κ1) is 17.0. The van der Waals surface area contributed by atoms with Gasteiger partial charge < -0.3 is 15.0 Å². The van der Waals surface area contributed by atoms with Crippen molar-refractivity contribution in [1.29, 1.82) is 0 Å². The summed E-state index contributed by atoms with van der Waals surface area (Å²) in [6, 6.07) is 13.9. The SMILES string of the molecule is Cn1c(C=C2SC(=Nc3ccc(C(=O)O)cc3)NC2=O)nc2ccccc21. The summed E-state index contributed by atoms with van der Waals surface area (Å²) in [4.78, 5) is 32.5. The van der Waals surface area contributed by atoms with Crippen LogP contribution >= 0.6 is 11.8 Å². The zero-order valence-electron chi connectivity index (χ0n) is 14.2. The monoisotopic (exact) mass is 378 g/mol. The van der Waals surface area contributed by atoms with Crippen LogP contribution in [-0.2, 0) is 11.8 Å². The van der Waals surface area contributed by atoms with Crippen LogP contribution in [0.3, 0.4) is 0 Å². The van der Waals surface area contributed by atoms with E-state index in [4.69, 9.17) is 5.11 Å². The van der Waals surface area contributed by atoms with Gasteiger partial charge in [-0.25, -0.2) is 14.8 Å². The zero-order valence-corrected chi connectivity index (χ0v) is 15.0. The number of aryl methyl sites for hydroxylation is 1. The van der Waals surface area contributed by atoms with E-state index in [1.54, 1.807) is 18.2 Å². The summed E-state index contributed by atoms with van der Waals surface area (Å²) >= 11 is 1.22. The summed E-state index contributed by atoms with van der Waals surface area (Å²) in [5, 5.41) is 12.1. The number of nitrogens with one attached hydrogen (secondary N) is 1. The summed E-state index contributed by atoms with van der Waals surface area (Å²) < 4.78 is 1.93. The van der Waals surface area contributed by atoms with E-state index in [2.05, 4.69) is 15.3 Å². The fraction of sp³-hybridized carbons (Fsp3) is 0.0526. The summed E-state index contributed by atoms with van der Waals surface area (Å²) in [5.74, 6) is -0.556. The molecule has 0 radical (unpaired) electrons. The molecule has 2 aromatic carbocycles. The Morgan fingerprint density at radius 2 is 1.96 bits per heavy atom. The number of amides is 1. The van der Waals surface area contributed by atoms with Crippen LogP contribution in [0.25, 0.3) is 17.1 Å². The van der Waals surface area contributed by atoms with Gasteiger partial charge in [0, 0.05) is 13.1 Å². The first-order valence-electron chi connectivity index (χ1n) is 8.06. The highest BCUT2D eigenvalue weighted by Crippen LogP contribution is 2.28. The molecule has 1 fully saturated rings. The van der Waals surface area contributed by atoms with Crippen molar-refractivity contribution in [3.05, 3.63) is 64.8 Å². The molecule has 0 saturated carbocycles. The number of aliphatic imine (C=N–C) groups is 1. The molecule has 3 aromatic rings. The van der Waals surface area contributed by atoms with Crippen LogP contribution in [-0.4, -0.2) is 31.7 Å². The Hall–Kier alpha value is -3.39. The van der Waals surface area contributed by atoms with Gasteiger partial charge in [0.15, 0.2) is 5.17 Å². The van der Waals surface area contributed by atoms with Crippen molar-refractivity contribution >= 4 is 51.6 Å². The second kappa shape index (κ2) is 6.73. The normalized spacial score (nSPS) is 17.0. The zero-order chi connectivity index (χ0) is 19.0. The molecule has 1 aliphatic rings. The van der Waals surface area contributed by atoms with Crippen molar-refractivity contribution in [3.8, 4) is 0 Å². The number of fused-ring (bicyclic) bond motifs is 1. The molecule has 1 aliphatic heterocycles. The van der Waals surface area contributed by atoms with Crippen LogP contribution in [0, 0.1) is 0 Å². The molecule has 8 heteroatoms.